The van der Waals surface area contributed by atoms with Crippen molar-refractivity contribution < 1.29 is 17.9 Å². The summed E-state index contributed by atoms with van der Waals surface area (Å²) in [6.07, 6.45) is 2.96. The van der Waals surface area contributed by atoms with Crippen molar-refractivity contribution in [1.82, 2.24) is 15.3 Å². The van der Waals surface area contributed by atoms with Gasteiger partial charge in [0.05, 0.1) is 12.0 Å². The van der Waals surface area contributed by atoms with E-state index in [4.69, 9.17) is 17.0 Å². The minimum Gasteiger partial charge on any atom is -0.496 e. The quantitative estimate of drug-likeness (QED) is 0.377. The van der Waals surface area contributed by atoms with Crippen LogP contribution in [0.2, 0.25) is 0 Å². The molecular weight excluding hydrogens is 472 g/mol. The summed E-state index contributed by atoms with van der Waals surface area (Å²) in [5.74, 6) is 0.183. The van der Waals surface area contributed by atoms with Crippen LogP contribution < -0.4 is 15.4 Å². The van der Waals surface area contributed by atoms with E-state index in [1.54, 1.807) is 51.3 Å². The van der Waals surface area contributed by atoms with Gasteiger partial charge in [0.2, 0.25) is 5.91 Å². The van der Waals surface area contributed by atoms with Gasteiger partial charge in [-0.25, -0.2) is 18.4 Å². The molecule has 1 heterocycles. The van der Waals surface area contributed by atoms with E-state index in [9.17, 15) is 13.2 Å². The van der Waals surface area contributed by atoms with Crippen LogP contribution >= 0.6 is 12.2 Å². The van der Waals surface area contributed by atoms with E-state index in [0.29, 0.717) is 22.8 Å². The lowest BCUT2D eigenvalue weighted by atomic mass is 10.2. The minimum absolute atomic E-state index is 0.0777. The van der Waals surface area contributed by atoms with Crippen LogP contribution in [0.1, 0.15) is 22.8 Å². The fourth-order valence-corrected chi connectivity index (χ4v) is 4.55. The summed E-state index contributed by atoms with van der Waals surface area (Å²) in [6, 6.07) is 15.1. The summed E-state index contributed by atoms with van der Waals surface area (Å²) >= 11 is 5.17. The van der Waals surface area contributed by atoms with Crippen molar-refractivity contribution in [1.29, 1.82) is 0 Å². The van der Waals surface area contributed by atoms with Gasteiger partial charge in [-0.2, -0.15) is 0 Å². The molecule has 1 amide bonds. The highest BCUT2D eigenvalue weighted by molar-refractivity contribution is 7.90. The van der Waals surface area contributed by atoms with Crippen LogP contribution in [0.15, 0.2) is 65.6 Å². The molecule has 10 heteroatoms. The zero-order chi connectivity index (χ0) is 24.7. The van der Waals surface area contributed by atoms with E-state index in [2.05, 4.69) is 20.6 Å². The Labute approximate surface area is 204 Å². The van der Waals surface area contributed by atoms with Gasteiger partial charge in [0, 0.05) is 28.7 Å². The number of rotatable bonds is 7. The van der Waals surface area contributed by atoms with Gasteiger partial charge in [0.25, 0.3) is 0 Å². The average Bonchev–Trinajstić information content (AvgIpc) is 2.77. The molecule has 1 aromatic heterocycles. The maximum Gasteiger partial charge on any atom is 0.250 e. The largest absolute Gasteiger partial charge is 0.496 e. The van der Waals surface area contributed by atoms with Gasteiger partial charge in [-0.3, -0.25) is 10.1 Å². The third kappa shape index (κ3) is 6.93. The van der Waals surface area contributed by atoms with Crippen LogP contribution in [0.5, 0.6) is 5.75 Å². The molecule has 0 aliphatic carbocycles. The third-order valence-corrected chi connectivity index (χ3v) is 6.44. The van der Waals surface area contributed by atoms with E-state index >= 15 is 0 Å². The summed E-state index contributed by atoms with van der Waals surface area (Å²) < 4.78 is 30.7. The van der Waals surface area contributed by atoms with Crippen LogP contribution in [-0.4, -0.2) is 36.5 Å². The number of aromatic nitrogens is 2. The molecule has 0 radical (unpaired) electrons. The predicted molar refractivity (Wildman–Crippen MR) is 135 cm³/mol. The fraction of sp³-hybridized carbons (Fsp3) is 0.167. The first-order chi connectivity index (χ1) is 16.2. The second kappa shape index (κ2) is 11.0. The van der Waals surface area contributed by atoms with Gasteiger partial charge in [-0.05, 0) is 68.5 Å². The zero-order valence-electron chi connectivity index (χ0n) is 18.9. The van der Waals surface area contributed by atoms with Crippen LogP contribution in [-0.2, 0) is 20.4 Å². The molecule has 0 aliphatic rings. The number of carbonyl (C=O) groups is 1. The van der Waals surface area contributed by atoms with Crippen molar-refractivity contribution in [3.8, 4) is 5.75 Å². The first kappa shape index (κ1) is 25.0. The van der Waals surface area contributed by atoms with Crippen molar-refractivity contribution in [2.45, 2.75) is 24.5 Å². The molecule has 0 saturated carbocycles. The molecule has 2 aromatic carbocycles. The summed E-state index contributed by atoms with van der Waals surface area (Å²) in [5, 5.41) is 5.48. The highest BCUT2D eigenvalue weighted by Gasteiger charge is 2.18. The molecule has 0 aliphatic heterocycles. The number of anilines is 1. The van der Waals surface area contributed by atoms with Crippen molar-refractivity contribution in [3.63, 3.8) is 0 Å². The summed E-state index contributed by atoms with van der Waals surface area (Å²) in [6.45, 7) is 3.59. The van der Waals surface area contributed by atoms with Gasteiger partial charge in [-0.1, -0.05) is 18.2 Å². The minimum atomic E-state index is -3.63. The van der Waals surface area contributed by atoms with E-state index in [0.717, 1.165) is 5.56 Å². The van der Waals surface area contributed by atoms with Gasteiger partial charge < -0.3 is 10.1 Å². The fourth-order valence-electron chi connectivity index (χ4n) is 3.15. The normalized spacial score (nSPS) is 11.3. The number of hydrogen-bond donors (Lipinski definition) is 2. The summed E-state index contributed by atoms with van der Waals surface area (Å²) in [7, 11) is -2.07. The van der Waals surface area contributed by atoms with Crippen LogP contribution in [0.4, 0.5) is 5.69 Å². The molecular formula is C24H24N4O4S2. The van der Waals surface area contributed by atoms with Crippen LogP contribution in [0.25, 0.3) is 6.08 Å². The maximum absolute atomic E-state index is 12.7. The Morgan fingerprint density at radius 3 is 2.35 bits per heavy atom. The standard InChI is InChI=1S/C24H24N4O4S2/c1-16-14-17(2)26-22(25-16)15-34(30,31)20-11-9-19(10-12-20)27-24(33)28-23(29)13-8-18-6-4-5-7-21(18)32-3/h4-14H,15H2,1-3H3,(H2,27,28,29,33)/b13-8+. The summed E-state index contributed by atoms with van der Waals surface area (Å²) in [4.78, 5) is 20.7. The Hall–Kier alpha value is -3.63. The number of nitrogens with one attached hydrogen (secondary N) is 2. The first-order valence-corrected chi connectivity index (χ1v) is 12.3. The molecule has 0 fully saturated rings. The second-order valence-electron chi connectivity index (χ2n) is 7.37. The lowest BCUT2D eigenvalue weighted by molar-refractivity contribution is -0.115. The number of benzene rings is 2. The average molecular weight is 497 g/mol. The van der Waals surface area contributed by atoms with Crippen molar-refractivity contribution in [3.05, 3.63) is 83.4 Å². The molecule has 0 spiro atoms. The van der Waals surface area contributed by atoms with Crippen molar-refractivity contribution in [2.75, 3.05) is 12.4 Å². The number of aryl methyl sites for hydroxylation is 2. The van der Waals surface area contributed by atoms with Crippen molar-refractivity contribution >= 4 is 44.8 Å². The Bertz CT molecular complexity index is 1320. The molecule has 8 nitrogen and oxygen atoms in total. The molecule has 0 unspecified atom stereocenters. The molecule has 2 N–H and O–H groups in total. The van der Waals surface area contributed by atoms with E-state index in [-0.39, 0.29) is 21.6 Å². The molecule has 0 saturated heterocycles. The zero-order valence-corrected chi connectivity index (χ0v) is 20.5. The number of sulfone groups is 1. The Morgan fingerprint density at radius 2 is 1.71 bits per heavy atom. The predicted octanol–water partition coefficient (Wildman–Crippen LogP) is 3.60. The smallest absolute Gasteiger partial charge is 0.250 e. The highest BCUT2D eigenvalue weighted by Crippen LogP contribution is 2.19. The second-order valence-corrected chi connectivity index (χ2v) is 9.77. The Kier molecular flexibility index (Phi) is 8.08. The third-order valence-electron chi connectivity index (χ3n) is 4.61. The molecule has 0 atom stereocenters. The molecule has 0 bridgehead atoms. The number of thiocarbonyl (C=S) groups is 1. The van der Waals surface area contributed by atoms with Crippen LogP contribution in [0.3, 0.4) is 0 Å². The number of methoxy groups -OCH3 is 1. The van der Waals surface area contributed by atoms with Gasteiger partial charge in [0.1, 0.15) is 17.3 Å². The van der Waals surface area contributed by atoms with Gasteiger partial charge in [0.15, 0.2) is 14.9 Å². The molecule has 176 valence electrons. The number of para-hydroxylation sites is 1. The number of ether oxygens (including phenoxy) is 1. The number of amides is 1. The van der Waals surface area contributed by atoms with Gasteiger partial charge in [-0.15, -0.1) is 0 Å². The first-order valence-electron chi connectivity index (χ1n) is 10.2. The summed E-state index contributed by atoms with van der Waals surface area (Å²) in [5.41, 5.74) is 2.71. The SMILES string of the molecule is COc1ccccc1/C=C/C(=O)NC(=S)Nc1ccc(S(=O)(=O)Cc2nc(C)cc(C)n2)cc1. The topological polar surface area (TPSA) is 110 Å². The van der Waals surface area contributed by atoms with Crippen molar-refractivity contribution in [2.24, 2.45) is 0 Å². The lowest BCUT2D eigenvalue weighted by Crippen LogP contribution is -2.32. The molecule has 3 aromatic rings. The monoisotopic (exact) mass is 496 g/mol. The Morgan fingerprint density at radius 1 is 1.06 bits per heavy atom. The van der Waals surface area contributed by atoms with Crippen LogP contribution in [0, 0.1) is 13.8 Å². The highest BCUT2D eigenvalue weighted by atomic mass is 32.2. The number of carbonyl (C=O) groups excluding carboxylic acids is 1. The van der Waals surface area contributed by atoms with E-state index < -0.39 is 15.7 Å². The van der Waals surface area contributed by atoms with E-state index in [1.807, 2.05) is 18.2 Å². The number of hydrogen-bond acceptors (Lipinski definition) is 7. The molecule has 34 heavy (non-hydrogen) atoms. The van der Waals surface area contributed by atoms with Gasteiger partial charge >= 0.3 is 0 Å². The van der Waals surface area contributed by atoms with E-state index in [1.165, 1.54) is 18.2 Å². The Balaban J connectivity index is 1.59. The maximum atomic E-state index is 12.7. The number of nitrogens with zero attached hydrogens (tertiary/aromatic N) is 2. The molecule has 3 rings (SSSR count). The lowest BCUT2D eigenvalue weighted by Gasteiger charge is -2.10.